The van der Waals surface area contributed by atoms with E-state index in [-0.39, 0.29) is 11.6 Å². The minimum Gasteiger partial charge on any atom is -0.301 e. The summed E-state index contributed by atoms with van der Waals surface area (Å²) in [6, 6.07) is 4.74. The smallest absolute Gasteiger partial charge is 0.164 e. The number of hydrogen-bond acceptors (Lipinski definition) is 3. The van der Waals surface area contributed by atoms with Crippen molar-refractivity contribution in [2.75, 3.05) is 39.3 Å². The number of rotatable bonds is 5. The van der Waals surface area contributed by atoms with Crippen molar-refractivity contribution in [1.29, 1.82) is 0 Å². The van der Waals surface area contributed by atoms with Gasteiger partial charge in [0.1, 0.15) is 5.82 Å². The first-order valence-electron chi connectivity index (χ1n) is 7.34. The molecule has 0 amide bonds. The quantitative estimate of drug-likeness (QED) is 0.772. The molecular formula is C16H23FN2O. The van der Waals surface area contributed by atoms with Crippen molar-refractivity contribution in [2.24, 2.45) is 0 Å². The van der Waals surface area contributed by atoms with Gasteiger partial charge in [0.15, 0.2) is 5.78 Å². The summed E-state index contributed by atoms with van der Waals surface area (Å²) < 4.78 is 13.4. The fourth-order valence-corrected chi connectivity index (χ4v) is 2.50. The van der Waals surface area contributed by atoms with Crippen LogP contribution < -0.4 is 0 Å². The summed E-state index contributed by atoms with van der Waals surface area (Å²) >= 11 is 0. The van der Waals surface area contributed by atoms with Gasteiger partial charge >= 0.3 is 0 Å². The van der Waals surface area contributed by atoms with Gasteiger partial charge in [-0.15, -0.1) is 0 Å². The van der Waals surface area contributed by atoms with E-state index in [2.05, 4.69) is 16.7 Å². The van der Waals surface area contributed by atoms with Crippen molar-refractivity contribution in [3.05, 3.63) is 35.1 Å². The Morgan fingerprint density at radius 3 is 2.45 bits per heavy atom. The number of carbonyl (C=O) groups is 1. The fourth-order valence-electron chi connectivity index (χ4n) is 2.50. The summed E-state index contributed by atoms with van der Waals surface area (Å²) in [7, 11) is 0. The summed E-state index contributed by atoms with van der Waals surface area (Å²) in [6.45, 7) is 9.92. The molecule has 4 heteroatoms. The van der Waals surface area contributed by atoms with Gasteiger partial charge < -0.3 is 9.80 Å². The van der Waals surface area contributed by atoms with E-state index in [9.17, 15) is 9.18 Å². The highest BCUT2D eigenvalue weighted by Gasteiger charge is 2.16. The minimum absolute atomic E-state index is 0.0295. The van der Waals surface area contributed by atoms with E-state index in [1.165, 1.54) is 6.07 Å². The first-order chi connectivity index (χ1) is 9.60. The molecule has 110 valence electrons. The third-order valence-corrected chi connectivity index (χ3v) is 4.06. The van der Waals surface area contributed by atoms with Crippen LogP contribution in [0.2, 0.25) is 0 Å². The van der Waals surface area contributed by atoms with E-state index < -0.39 is 0 Å². The number of halogens is 1. The van der Waals surface area contributed by atoms with Crippen LogP contribution in [-0.4, -0.2) is 54.9 Å². The molecule has 1 aliphatic heterocycles. The molecule has 0 N–H and O–H groups in total. The molecule has 0 unspecified atom stereocenters. The molecule has 1 aromatic rings. The van der Waals surface area contributed by atoms with Crippen molar-refractivity contribution in [3.63, 3.8) is 0 Å². The number of likely N-dealkylation sites (N-methyl/N-ethyl adjacent to an activating group) is 1. The topological polar surface area (TPSA) is 23.6 Å². The molecule has 1 aliphatic rings. The number of hydrogen-bond donors (Lipinski definition) is 0. The summed E-state index contributed by atoms with van der Waals surface area (Å²) in [6.07, 6.45) is 0.467. The molecule has 1 fully saturated rings. The van der Waals surface area contributed by atoms with Gasteiger partial charge in [-0.2, -0.15) is 0 Å². The summed E-state index contributed by atoms with van der Waals surface area (Å²) in [5, 5.41) is 0. The summed E-state index contributed by atoms with van der Waals surface area (Å²) in [4.78, 5) is 16.8. The molecular weight excluding hydrogens is 255 g/mol. The van der Waals surface area contributed by atoms with Gasteiger partial charge in [0, 0.05) is 44.7 Å². The van der Waals surface area contributed by atoms with Crippen molar-refractivity contribution in [2.45, 2.75) is 20.3 Å². The number of Topliss-reactive ketones (excluding diaryl/α,β-unsaturated/α-hetero) is 1. The van der Waals surface area contributed by atoms with Gasteiger partial charge in [0.2, 0.25) is 0 Å². The third kappa shape index (κ3) is 3.87. The van der Waals surface area contributed by atoms with E-state index in [4.69, 9.17) is 0 Å². The summed E-state index contributed by atoms with van der Waals surface area (Å²) in [5.41, 5.74) is 1.07. The molecule has 0 bridgehead atoms. The van der Waals surface area contributed by atoms with Crippen molar-refractivity contribution < 1.29 is 9.18 Å². The monoisotopic (exact) mass is 278 g/mol. The minimum atomic E-state index is -0.299. The highest BCUT2D eigenvalue weighted by molar-refractivity contribution is 5.96. The number of aryl methyl sites for hydroxylation is 1. The van der Waals surface area contributed by atoms with Gasteiger partial charge in [-0.05, 0) is 25.1 Å². The SMILES string of the molecule is CCN1CCN(CCC(=O)c2ccc(C)c(F)c2)CC1. The average Bonchev–Trinajstić information content (AvgIpc) is 2.48. The number of carbonyl (C=O) groups excluding carboxylic acids is 1. The van der Waals surface area contributed by atoms with E-state index >= 15 is 0 Å². The standard InChI is InChI=1S/C16H23FN2O/c1-3-18-8-10-19(11-9-18)7-6-16(20)14-5-4-13(2)15(17)12-14/h4-5,12H,3,6-11H2,1-2H3. The maximum Gasteiger partial charge on any atom is 0.164 e. The van der Waals surface area contributed by atoms with Gasteiger partial charge in [-0.25, -0.2) is 4.39 Å². The van der Waals surface area contributed by atoms with Crippen molar-refractivity contribution in [1.82, 2.24) is 9.80 Å². The normalized spacial score (nSPS) is 17.4. The van der Waals surface area contributed by atoms with Crippen LogP contribution in [0.25, 0.3) is 0 Å². The zero-order chi connectivity index (χ0) is 14.5. The predicted molar refractivity (Wildman–Crippen MR) is 78.6 cm³/mol. The first kappa shape index (κ1) is 15.1. The Balaban J connectivity index is 1.82. The molecule has 2 rings (SSSR count). The van der Waals surface area contributed by atoms with Crippen LogP contribution in [0.1, 0.15) is 29.3 Å². The average molecular weight is 278 g/mol. The molecule has 0 atom stereocenters. The molecule has 1 aromatic carbocycles. The largest absolute Gasteiger partial charge is 0.301 e. The fraction of sp³-hybridized carbons (Fsp3) is 0.562. The highest BCUT2D eigenvalue weighted by atomic mass is 19.1. The lowest BCUT2D eigenvalue weighted by Gasteiger charge is -2.33. The highest BCUT2D eigenvalue weighted by Crippen LogP contribution is 2.12. The first-order valence-corrected chi connectivity index (χ1v) is 7.34. The zero-order valence-electron chi connectivity index (χ0n) is 12.4. The Morgan fingerprint density at radius 1 is 1.20 bits per heavy atom. The lowest BCUT2D eigenvalue weighted by molar-refractivity contribution is 0.0931. The van der Waals surface area contributed by atoms with E-state index in [1.54, 1.807) is 19.1 Å². The van der Waals surface area contributed by atoms with Crippen LogP contribution in [-0.2, 0) is 0 Å². The van der Waals surface area contributed by atoms with Crippen LogP contribution >= 0.6 is 0 Å². The van der Waals surface area contributed by atoms with E-state index in [0.717, 1.165) is 39.3 Å². The molecule has 0 spiro atoms. The Hall–Kier alpha value is -1.26. The van der Waals surface area contributed by atoms with E-state index in [1.807, 2.05) is 0 Å². The Labute approximate surface area is 120 Å². The second-order valence-corrected chi connectivity index (χ2v) is 5.41. The molecule has 20 heavy (non-hydrogen) atoms. The molecule has 1 heterocycles. The van der Waals surface area contributed by atoms with Gasteiger partial charge in [-0.1, -0.05) is 19.1 Å². The van der Waals surface area contributed by atoms with Gasteiger partial charge in [-0.3, -0.25) is 4.79 Å². The van der Waals surface area contributed by atoms with Crippen LogP contribution in [0, 0.1) is 12.7 Å². The van der Waals surface area contributed by atoms with Crippen molar-refractivity contribution in [3.8, 4) is 0 Å². The lowest BCUT2D eigenvalue weighted by atomic mass is 10.1. The molecule has 0 saturated carbocycles. The van der Waals surface area contributed by atoms with Gasteiger partial charge in [0.05, 0.1) is 0 Å². The second kappa shape index (κ2) is 6.95. The number of benzene rings is 1. The van der Waals surface area contributed by atoms with Gasteiger partial charge in [0.25, 0.3) is 0 Å². The summed E-state index contributed by atoms with van der Waals surface area (Å²) in [5.74, 6) is -0.269. The second-order valence-electron chi connectivity index (χ2n) is 5.41. The Kier molecular flexibility index (Phi) is 5.26. The molecule has 0 radical (unpaired) electrons. The number of nitrogens with zero attached hydrogens (tertiary/aromatic N) is 2. The number of piperazine rings is 1. The van der Waals surface area contributed by atoms with Crippen molar-refractivity contribution >= 4 is 5.78 Å². The lowest BCUT2D eigenvalue weighted by Crippen LogP contribution is -2.46. The Morgan fingerprint density at radius 2 is 1.85 bits per heavy atom. The number of ketones is 1. The van der Waals surface area contributed by atoms with Crippen LogP contribution in [0.15, 0.2) is 18.2 Å². The van der Waals surface area contributed by atoms with Crippen LogP contribution in [0.3, 0.4) is 0 Å². The molecule has 1 saturated heterocycles. The maximum absolute atomic E-state index is 13.4. The maximum atomic E-state index is 13.4. The predicted octanol–water partition coefficient (Wildman–Crippen LogP) is 2.34. The Bertz CT molecular complexity index is 468. The molecule has 0 aliphatic carbocycles. The molecule has 0 aromatic heterocycles. The molecule has 3 nitrogen and oxygen atoms in total. The van der Waals surface area contributed by atoms with Crippen LogP contribution in [0.5, 0.6) is 0 Å². The van der Waals surface area contributed by atoms with E-state index in [0.29, 0.717) is 17.5 Å². The zero-order valence-corrected chi connectivity index (χ0v) is 12.4. The van der Waals surface area contributed by atoms with Crippen LogP contribution in [0.4, 0.5) is 4.39 Å². The third-order valence-electron chi connectivity index (χ3n) is 4.06.